The average molecular weight is 392 g/mol. The Hall–Kier alpha value is -2.03. The van der Waals surface area contributed by atoms with Gasteiger partial charge in [-0.2, -0.15) is 5.10 Å². The number of hydrogen-bond acceptors (Lipinski definition) is 3. The van der Waals surface area contributed by atoms with E-state index in [9.17, 15) is 18.0 Å². The summed E-state index contributed by atoms with van der Waals surface area (Å²) in [5.41, 5.74) is 1.37. The zero-order valence-electron chi connectivity index (χ0n) is 12.2. The summed E-state index contributed by atoms with van der Waals surface area (Å²) >= 11 is 3.31. The molecule has 0 aliphatic rings. The van der Waals surface area contributed by atoms with Crippen LogP contribution in [0.1, 0.15) is 23.1 Å². The molecule has 1 heterocycles. The van der Waals surface area contributed by atoms with Crippen molar-refractivity contribution in [3.8, 4) is 5.75 Å². The number of carbonyl (C=O) groups excluding carboxylic acids is 1. The number of aromatic nitrogens is 2. The van der Waals surface area contributed by atoms with Crippen molar-refractivity contribution in [1.29, 1.82) is 0 Å². The number of rotatable bonds is 4. The summed E-state index contributed by atoms with van der Waals surface area (Å²) in [5, 5.41) is 6.82. The molecule has 5 nitrogen and oxygen atoms in total. The molecule has 0 atom stereocenters. The van der Waals surface area contributed by atoms with Gasteiger partial charge in [-0.25, -0.2) is 0 Å². The van der Waals surface area contributed by atoms with Gasteiger partial charge in [-0.1, -0.05) is 0 Å². The number of alkyl halides is 3. The van der Waals surface area contributed by atoms with Crippen molar-refractivity contribution in [3.05, 3.63) is 40.1 Å². The second-order valence-electron chi connectivity index (χ2n) is 4.59. The van der Waals surface area contributed by atoms with Crippen molar-refractivity contribution in [2.75, 3.05) is 5.32 Å². The lowest BCUT2D eigenvalue weighted by Crippen LogP contribution is -2.18. The number of nitrogens with zero attached hydrogens (tertiary/aromatic N) is 2. The Balaban J connectivity index is 2.15. The van der Waals surface area contributed by atoms with Gasteiger partial charge >= 0.3 is 6.36 Å². The van der Waals surface area contributed by atoms with Gasteiger partial charge in [0.25, 0.3) is 5.91 Å². The van der Waals surface area contributed by atoms with Gasteiger partial charge < -0.3 is 10.1 Å². The summed E-state index contributed by atoms with van der Waals surface area (Å²) in [6, 6.07) is 4.90. The Kier molecular flexibility index (Phi) is 4.98. The molecule has 0 saturated carbocycles. The lowest BCUT2D eigenvalue weighted by Gasteiger charge is -2.10. The van der Waals surface area contributed by atoms with Crippen LogP contribution < -0.4 is 10.1 Å². The second-order valence-corrected chi connectivity index (χ2v) is 5.38. The maximum absolute atomic E-state index is 12.3. The molecule has 0 spiro atoms. The highest BCUT2D eigenvalue weighted by Gasteiger charge is 2.31. The van der Waals surface area contributed by atoms with Crippen LogP contribution in [0.2, 0.25) is 0 Å². The molecule has 0 aliphatic heterocycles. The van der Waals surface area contributed by atoms with E-state index in [1.165, 1.54) is 16.8 Å². The molecular formula is C14H13BrF3N3O2. The fourth-order valence-corrected chi connectivity index (χ4v) is 2.40. The Labute approximate surface area is 138 Å². The minimum absolute atomic E-state index is 0.345. The van der Waals surface area contributed by atoms with Crippen LogP contribution in [0.3, 0.4) is 0 Å². The summed E-state index contributed by atoms with van der Waals surface area (Å²) in [5.74, 6) is -0.769. The van der Waals surface area contributed by atoms with Gasteiger partial charge in [-0.05, 0) is 54.0 Å². The molecule has 1 aromatic heterocycles. The van der Waals surface area contributed by atoms with Crippen LogP contribution in [0, 0.1) is 6.92 Å². The number of nitrogens with one attached hydrogen (secondary N) is 1. The predicted molar refractivity (Wildman–Crippen MR) is 81.4 cm³/mol. The third-order valence-electron chi connectivity index (χ3n) is 2.91. The molecule has 0 bridgehead atoms. The van der Waals surface area contributed by atoms with Crippen LogP contribution in [-0.2, 0) is 6.54 Å². The van der Waals surface area contributed by atoms with E-state index in [0.717, 1.165) is 12.1 Å². The highest BCUT2D eigenvalue weighted by atomic mass is 79.9. The zero-order valence-corrected chi connectivity index (χ0v) is 13.8. The second kappa shape index (κ2) is 6.61. The molecule has 1 aromatic carbocycles. The first-order valence-electron chi connectivity index (χ1n) is 6.61. The normalized spacial score (nSPS) is 11.4. The number of ether oxygens (including phenoxy) is 1. The maximum atomic E-state index is 12.3. The van der Waals surface area contributed by atoms with Crippen molar-refractivity contribution in [2.45, 2.75) is 26.8 Å². The van der Waals surface area contributed by atoms with E-state index in [-0.39, 0.29) is 5.75 Å². The number of hydrogen-bond donors (Lipinski definition) is 1. The summed E-state index contributed by atoms with van der Waals surface area (Å²) < 4.78 is 42.2. The van der Waals surface area contributed by atoms with Gasteiger partial charge in [-0.15, -0.1) is 13.2 Å². The number of carbonyl (C=O) groups is 1. The molecule has 0 fully saturated rings. The molecule has 124 valence electrons. The van der Waals surface area contributed by atoms with Crippen molar-refractivity contribution in [3.63, 3.8) is 0 Å². The predicted octanol–water partition coefficient (Wildman–Crippen LogP) is 4.12. The van der Waals surface area contributed by atoms with Crippen molar-refractivity contribution >= 4 is 27.5 Å². The lowest BCUT2D eigenvalue weighted by molar-refractivity contribution is -0.274. The van der Waals surface area contributed by atoms with E-state index in [2.05, 4.69) is 31.1 Å². The van der Waals surface area contributed by atoms with Crippen LogP contribution in [-0.4, -0.2) is 22.1 Å². The third kappa shape index (κ3) is 4.25. The lowest BCUT2D eigenvalue weighted by atomic mass is 10.3. The number of benzene rings is 1. The Morgan fingerprint density at radius 1 is 1.35 bits per heavy atom. The molecule has 1 amide bonds. The quantitative estimate of drug-likeness (QED) is 0.852. The number of halogens is 4. The summed E-state index contributed by atoms with van der Waals surface area (Å²) in [7, 11) is 0. The fourth-order valence-electron chi connectivity index (χ4n) is 1.94. The molecule has 0 unspecified atom stereocenters. The van der Waals surface area contributed by atoms with E-state index in [4.69, 9.17) is 0 Å². The van der Waals surface area contributed by atoms with Crippen LogP contribution >= 0.6 is 15.9 Å². The first-order valence-corrected chi connectivity index (χ1v) is 7.40. The highest BCUT2D eigenvalue weighted by Crippen LogP contribution is 2.25. The maximum Gasteiger partial charge on any atom is 0.573 e. The minimum atomic E-state index is -4.75. The number of aryl methyl sites for hydroxylation is 2. The van der Waals surface area contributed by atoms with Crippen LogP contribution in [0.4, 0.5) is 18.9 Å². The first kappa shape index (κ1) is 17.3. The van der Waals surface area contributed by atoms with Gasteiger partial charge in [0.05, 0.1) is 10.2 Å². The molecule has 0 saturated heterocycles. The Morgan fingerprint density at radius 2 is 1.96 bits per heavy atom. The van der Waals surface area contributed by atoms with E-state index in [0.29, 0.717) is 28.1 Å². The summed E-state index contributed by atoms with van der Waals surface area (Å²) in [6.07, 6.45) is -4.75. The zero-order chi connectivity index (χ0) is 17.2. The average Bonchev–Trinajstić information content (AvgIpc) is 2.75. The van der Waals surface area contributed by atoms with Crippen molar-refractivity contribution in [2.24, 2.45) is 0 Å². The summed E-state index contributed by atoms with van der Waals surface area (Å²) in [4.78, 5) is 12.3. The van der Waals surface area contributed by atoms with Crippen LogP contribution in [0.15, 0.2) is 28.7 Å². The van der Waals surface area contributed by atoms with E-state index in [1.807, 2.05) is 6.92 Å². The minimum Gasteiger partial charge on any atom is -0.406 e. The smallest absolute Gasteiger partial charge is 0.406 e. The standard InChI is InChI=1S/C14H13BrF3N3O2/c1-3-21-12(11(15)8(2)20-21)13(22)19-9-4-6-10(7-5-9)23-14(16,17)18/h4-7H,3H2,1-2H3,(H,19,22). The van der Waals surface area contributed by atoms with E-state index in [1.54, 1.807) is 6.92 Å². The number of amides is 1. The molecule has 2 aromatic rings. The molecule has 9 heteroatoms. The number of anilines is 1. The molecule has 1 N–H and O–H groups in total. The molecule has 0 aliphatic carbocycles. The van der Waals surface area contributed by atoms with Gasteiger partial charge in [0.2, 0.25) is 0 Å². The fraction of sp³-hybridized carbons (Fsp3) is 0.286. The van der Waals surface area contributed by atoms with Gasteiger partial charge in [0.1, 0.15) is 11.4 Å². The topological polar surface area (TPSA) is 56.2 Å². The van der Waals surface area contributed by atoms with Crippen molar-refractivity contribution in [1.82, 2.24) is 9.78 Å². The SMILES string of the molecule is CCn1nc(C)c(Br)c1C(=O)Nc1ccc(OC(F)(F)F)cc1. The molecule has 23 heavy (non-hydrogen) atoms. The molecule has 0 radical (unpaired) electrons. The van der Waals surface area contributed by atoms with Crippen molar-refractivity contribution < 1.29 is 22.7 Å². The van der Waals surface area contributed by atoms with Crippen LogP contribution in [0.5, 0.6) is 5.75 Å². The van der Waals surface area contributed by atoms with Gasteiger partial charge in [0, 0.05) is 12.2 Å². The molecule has 2 rings (SSSR count). The first-order chi connectivity index (χ1) is 10.7. The largest absolute Gasteiger partial charge is 0.573 e. The Morgan fingerprint density at radius 3 is 2.48 bits per heavy atom. The monoisotopic (exact) mass is 391 g/mol. The Bertz CT molecular complexity index is 711. The van der Waals surface area contributed by atoms with E-state index < -0.39 is 12.3 Å². The van der Waals surface area contributed by atoms with Crippen LogP contribution in [0.25, 0.3) is 0 Å². The highest BCUT2D eigenvalue weighted by molar-refractivity contribution is 9.10. The third-order valence-corrected chi connectivity index (χ3v) is 3.86. The van der Waals surface area contributed by atoms with Gasteiger partial charge in [-0.3, -0.25) is 9.48 Å². The molecular weight excluding hydrogens is 379 g/mol. The van der Waals surface area contributed by atoms with Gasteiger partial charge in [0.15, 0.2) is 0 Å². The van der Waals surface area contributed by atoms with E-state index >= 15 is 0 Å². The summed E-state index contributed by atoms with van der Waals surface area (Å²) in [6.45, 7) is 4.11.